The first-order chi connectivity index (χ1) is 26.1. The topological polar surface area (TPSA) is 170 Å². The number of aliphatic hydroxyl groups excluding tert-OH is 2. The average molecular weight is 762 g/mol. The summed E-state index contributed by atoms with van der Waals surface area (Å²) in [6, 6.07) is 10.6. The fourth-order valence-corrected chi connectivity index (χ4v) is 4.35. The van der Waals surface area contributed by atoms with Gasteiger partial charge in [0.1, 0.15) is 26.4 Å². The summed E-state index contributed by atoms with van der Waals surface area (Å²) in [7, 11) is 1.83. The molecular weight excluding hydrogens is 702 g/mol. The van der Waals surface area contributed by atoms with Gasteiger partial charge in [-0.25, -0.2) is 0 Å². The van der Waals surface area contributed by atoms with Gasteiger partial charge >= 0.3 is 0 Å². The maximum atomic E-state index is 12.7. The summed E-state index contributed by atoms with van der Waals surface area (Å²) in [5.41, 5.74) is 1.09. The van der Waals surface area contributed by atoms with E-state index in [4.69, 9.17) is 52.8 Å². The lowest BCUT2D eigenvalue weighted by molar-refractivity contribution is -0.121. The van der Waals surface area contributed by atoms with Crippen molar-refractivity contribution in [3.8, 4) is 23.0 Å². The number of likely N-dealkylation sites (N-methyl/N-ethyl adjacent to an activating group) is 1. The molecule has 0 saturated heterocycles. The molecule has 0 aliphatic rings. The van der Waals surface area contributed by atoms with Crippen LogP contribution in [0.2, 0.25) is 0 Å². The summed E-state index contributed by atoms with van der Waals surface area (Å²) in [6.45, 7) is 10.8. The molecule has 0 aliphatic heterocycles. The maximum Gasteiger partial charge on any atom is 0.163 e. The highest BCUT2D eigenvalue weighted by molar-refractivity contribution is 6.10. The third-order valence-corrected chi connectivity index (χ3v) is 6.88. The van der Waals surface area contributed by atoms with Crippen molar-refractivity contribution in [2.45, 2.75) is 32.8 Å². The van der Waals surface area contributed by atoms with Crippen LogP contribution in [0.25, 0.3) is 12.2 Å². The summed E-state index contributed by atoms with van der Waals surface area (Å²) in [5, 5.41) is 20.6. The van der Waals surface area contributed by atoms with Gasteiger partial charge < -0.3 is 58.2 Å². The average Bonchev–Trinajstić information content (AvgIpc) is 3.14. The lowest BCUT2D eigenvalue weighted by atomic mass is 10.1. The van der Waals surface area contributed by atoms with Crippen LogP contribution in [0.5, 0.6) is 23.0 Å². The molecule has 0 fully saturated rings. The number of hydrogen-bond acceptors (Lipinski definition) is 14. The van der Waals surface area contributed by atoms with Crippen LogP contribution in [0.1, 0.15) is 38.3 Å². The minimum Gasteiger partial charge on any atom is -0.488 e. The van der Waals surface area contributed by atoms with Gasteiger partial charge in [0.05, 0.1) is 84.7 Å². The summed E-state index contributed by atoms with van der Waals surface area (Å²) < 4.78 is 50.7. The van der Waals surface area contributed by atoms with Gasteiger partial charge in [-0.2, -0.15) is 0 Å². The molecule has 14 nitrogen and oxygen atoms in total. The van der Waals surface area contributed by atoms with Gasteiger partial charge in [0, 0.05) is 6.54 Å². The van der Waals surface area contributed by atoms with Crippen LogP contribution in [0.3, 0.4) is 0 Å². The molecule has 0 saturated carbocycles. The second-order valence-corrected chi connectivity index (χ2v) is 12.5. The molecule has 2 aromatic rings. The van der Waals surface area contributed by atoms with E-state index in [0.717, 1.165) is 0 Å². The van der Waals surface area contributed by atoms with Gasteiger partial charge in [-0.3, -0.25) is 9.59 Å². The molecule has 2 rings (SSSR count). The molecular formula is C40H59NO13. The highest BCUT2D eigenvalue weighted by Gasteiger charge is 2.12. The third kappa shape index (κ3) is 22.4. The Morgan fingerprint density at radius 3 is 1.43 bits per heavy atom. The number of rotatable bonds is 32. The zero-order valence-corrected chi connectivity index (χ0v) is 32.2. The van der Waals surface area contributed by atoms with Crippen LogP contribution in [0, 0.1) is 0 Å². The zero-order valence-electron chi connectivity index (χ0n) is 32.2. The number of allylic oxidation sites excluding steroid dienone is 2. The molecule has 0 atom stereocenters. The molecule has 0 aromatic heterocycles. The fraction of sp³-hybridized carbons (Fsp3) is 0.550. The normalized spacial score (nSPS) is 11.7. The van der Waals surface area contributed by atoms with Crippen molar-refractivity contribution in [1.29, 1.82) is 0 Å². The van der Waals surface area contributed by atoms with E-state index in [1.54, 1.807) is 48.6 Å². The van der Waals surface area contributed by atoms with Crippen molar-refractivity contribution in [2.75, 3.05) is 113 Å². The maximum absolute atomic E-state index is 12.7. The number of benzene rings is 2. The SMILES string of the molecule is CNCCOc1ccc(/C=C/C(=O)CC(=O)/C=C/c2ccc(OCCOC(C)(C)C)c(OCCOCCOCCO)c2)cc1OCCOCCOCCO. The molecule has 2 aromatic carbocycles. The van der Waals surface area contributed by atoms with Gasteiger partial charge in [-0.05, 0) is 75.4 Å². The molecule has 0 amide bonds. The van der Waals surface area contributed by atoms with Crippen molar-refractivity contribution < 1.29 is 62.4 Å². The van der Waals surface area contributed by atoms with E-state index in [9.17, 15) is 9.59 Å². The summed E-state index contributed by atoms with van der Waals surface area (Å²) in [4.78, 5) is 25.4. The van der Waals surface area contributed by atoms with Crippen LogP contribution < -0.4 is 24.3 Å². The standard InChI is InChI=1S/C40H59NO13/c1-40(2,3)54-28-27-51-37-12-8-33(30-39(37)53-26-24-49-22-20-47-18-15-43)6-10-35(45)31-34(44)9-5-32-7-11-36(50-16-13-41-4)38(29-32)52-25-23-48-21-19-46-17-14-42/h5-12,29-30,41-43H,13-28,31H2,1-4H3/b9-5+,10-6+. The smallest absolute Gasteiger partial charge is 0.163 e. The van der Waals surface area contributed by atoms with E-state index >= 15 is 0 Å². The summed E-state index contributed by atoms with van der Waals surface area (Å²) in [6.07, 6.45) is 5.67. The van der Waals surface area contributed by atoms with Crippen molar-refractivity contribution in [1.82, 2.24) is 5.32 Å². The van der Waals surface area contributed by atoms with Crippen molar-refractivity contribution in [3.05, 3.63) is 59.7 Å². The molecule has 0 aliphatic carbocycles. The molecule has 0 radical (unpaired) electrons. The molecule has 3 N–H and O–H groups in total. The van der Waals surface area contributed by atoms with Crippen LogP contribution in [0.4, 0.5) is 0 Å². The first-order valence-corrected chi connectivity index (χ1v) is 18.2. The minimum absolute atomic E-state index is 0.0363. The van der Waals surface area contributed by atoms with Gasteiger partial charge in [-0.15, -0.1) is 0 Å². The number of hydrogen-bond donors (Lipinski definition) is 3. The summed E-state index contributed by atoms with van der Waals surface area (Å²) >= 11 is 0. The predicted molar refractivity (Wildman–Crippen MR) is 205 cm³/mol. The van der Waals surface area contributed by atoms with Crippen LogP contribution in [-0.4, -0.2) is 140 Å². The Morgan fingerprint density at radius 1 is 0.574 bits per heavy atom. The third-order valence-electron chi connectivity index (χ3n) is 6.88. The molecule has 0 unspecified atom stereocenters. The minimum atomic E-state index is -0.359. The zero-order chi connectivity index (χ0) is 39.3. The Bertz CT molecular complexity index is 1390. The lowest BCUT2D eigenvalue weighted by Crippen LogP contribution is -2.22. The highest BCUT2D eigenvalue weighted by atomic mass is 16.6. The second kappa shape index (κ2) is 28.6. The Balaban J connectivity index is 1.98. The quantitative estimate of drug-likeness (QED) is 0.0562. The molecule has 14 heteroatoms. The molecule has 302 valence electrons. The first kappa shape index (κ1) is 46.3. The van der Waals surface area contributed by atoms with Crippen LogP contribution in [-0.2, 0) is 33.3 Å². The first-order valence-electron chi connectivity index (χ1n) is 18.2. The number of nitrogens with one attached hydrogen (secondary N) is 1. The highest BCUT2D eigenvalue weighted by Crippen LogP contribution is 2.30. The van der Waals surface area contributed by atoms with E-state index in [1.165, 1.54) is 12.2 Å². The predicted octanol–water partition coefficient (Wildman–Crippen LogP) is 3.54. The van der Waals surface area contributed by atoms with E-state index in [0.29, 0.717) is 100 Å². The number of ether oxygens (including phenoxy) is 9. The fourth-order valence-electron chi connectivity index (χ4n) is 4.35. The number of carbonyl (C=O) groups excluding carboxylic acids is 2. The van der Waals surface area contributed by atoms with E-state index in [-0.39, 0.29) is 63.2 Å². The van der Waals surface area contributed by atoms with Crippen molar-refractivity contribution in [3.63, 3.8) is 0 Å². The van der Waals surface area contributed by atoms with Crippen LogP contribution in [0.15, 0.2) is 48.6 Å². The van der Waals surface area contributed by atoms with Crippen molar-refractivity contribution >= 4 is 23.7 Å². The monoisotopic (exact) mass is 761 g/mol. The number of aliphatic hydroxyl groups is 2. The Morgan fingerprint density at radius 2 is 0.981 bits per heavy atom. The Hall–Kier alpha value is -3.86. The van der Waals surface area contributed by atoms with E-state index in [1.807, 2.05) is 27.8 Å². The van der Waals surface area contributed by atoms with Gasteiger partial charge in [0.25, 0.3) is 0 Å². The Kier molecular flexibility index (Phi) is 24.5. The number of carbonyl (C=O) groups is 2. The summed E-state index contributed by atoms with van der Waals surface area (Å²) in [5.74, 6) is 1.32. The van der Waals surface area contributed by atoms with Crippen molar-refractivity contribution in [2.24, 2.45) is 0 Å². The second-order valence-electron chi connectivity index (χ2n) is 12.5. The molecule has 54 heavy (non-hydrogen) atoms. The van der Waals surface area contributed by atoms with E-state index < -0.39 is 0 Å². The number of ketones is 2. The molecule has 0 bridgehead atoms. The van der Waals surface area contributed by atoms with Gasteiger partial charge in [0.15, 0.2) is 34.6 Å². The molecule has 0 spiro atoms. The van der Waals surface area contributed by atoms with Crippen LogP contribution >= 0.6 is 0 Å². The largest absolute Gasteiger partial charge is 0.488 e. The molecule has 0 heterocycles. The Labute approximate surface area is 319 Å². The van der Waals surface area contributed by atoms with Gasteiger partial charge in [0.2, 0.25) is 0 Å². The van der Waals surface area contributed by atoms with Gasteiger partial charge in [-0.1, -0.05) is 24.3 Å². The lowest BCUT2D eigenvalue weighted by Gasteiger charge is -2.20. The van der Waals surface area contributed by atoms with E-state index in [2.05, 4.69) is 5.32 Å².